The maximum Gasteiger partial charge on any atom is 0.224 e. The third-order valence-electron chi connectivity index (χ3n) is 6.69. The molecule has 0 fully saturated rings. The van der Waals surface area contributed by atoms with E-state index in [4.69, 9.17) is 9.72 Å². The summed E-state index contributed by atoms with van der Waals surface area (Å²) in [4.78, 5) is 35.2. The molecule has 42 heavy (non-hydrogen) atoms. The number of H-pyrrole nitrogens is 2. The highest BCUT2D eigenvalue weighted by Crippen LogP contribution is 2.33. The summed E-state index contributed by atoms with van der Waals surface area (Å²) in [6, 6.07) is 8.32. The van der Waals surface area contributed by atoms with Crippen LogP contribution in [0.15, 0.2) is 61.3 Å². The second kappa shape index (κ2) is 11.3. The first-order valence-electron chi connectivity index (χ1n) is 13.4. The number of aromatic amines is 2. The smallest absolute Gasteiger partial charge is 0.224 e. The molecule has 3 N–H and O–H groups in total. The van der Waals surface area contributed by atoms with E-state index in [0.717, 1.165) is 16.5 Å². The van der Waals surface area contributed by atoms with Gasteiger partial charge >= 0.3 is 0 Å². The predicted octanol–water partition coefficient (Wildman–Crippen LogP) is 5.05. The lowest BCUT2D eigenvalue weighted by molar-refractivity contribution is -0.115. The first-order valence-corrected chi connectivity index (χ1v) is 13.4. The van der Waals surface area contributed by atoms with Gasteiger partial charge in [-0.1, -0.05) is 6.92 Å². The number of pyridine rings is 3. The van der Waals surface area contributed by atoms with E-state index in [1.54, 1.807) is 44.0 Å². The molecule has 0 atom stereocenters. The number of carbonyl (C=O) groups excluding carboxylic acids is 1. The van der Waals surface area contributed by atoms with Crippen molar-refractivity contribution in [2.24, 2.45) is 0 Å². The summed E-state index contributed by atoms with van der Waals surface area (Å²) in [6.45, 7) is 2.93. The van der Waals surface area contributed by atoms with E-state index in [0.29, 0.717) is 70.4 Å². The number of hydrogen-bond acceptors (Lipinski definition) is 8. The van der Waals surface area contributed by atoms with Crippen molar-refractivity contribution < 1.29 is 13.9 Å². The Morgan fingerprint density at radius 1 is 1.00 bits per heavy atom. The number of carbonyl (C=O) groups is 1. The molecule has 0 saturated carbocycles. The molecule has 12 heteroatoms. The Morgan fingerprint density at radius 3 is 2.69 bits per heavy atom. The standard InChI is InChI=1S/C30H28FN9O2/c1-4-27(41)35-20-8-18(12-32-13-20)24-11-22-25(16-34-24)38-39-29(22)30-36-26-15-33-14-23(28(26)37-30)17-7-19(31)10-21(9-17)42-6-5-40(2)3/h7-16H,4-6H2,1-3H3,(H,35,41)(H,36,37)(H,38,39). The van der Waals surface area contributed by atoms with Gasteiger partial charge in [-0.3, -0.25) is 24.8 Å². The number of aromatic nitrogens is 7. The number of amides is 1. The lowest BCUT2D eigenvalue weighted by Gasteiger charge is -2.12. The fraction of sp³-hybridized carbons (Fsp3) is 0.200. The van der Waals surface area contributed by atoms with Crippen molar-refractivity contribution in [3.63, 3.8) is 0 Å². The van der Waals surface area contributed by atoms with E-state index in [1.807, 2.05) is 31.1 Å². The molecule has 11 nitrogen and oxygen atoms in total. The summed E-state index contributed by atoms with van der Waals surface area (Å²) in [5.41, 5.74) is 5.86. The third-order valence-corrected chi connectivity index (χ3v) is 6.69. The van der Waals surface area contributed by atoms with Crippen LogP contribution in [0.4, 0.5) is 10.1 Å². The number of hydrogen-bond donors (Lipinski definition) is 3. The van der Waals surface area contributed by atoms with E-state index in [-0.39, 0.29) is 5.91 Å². The first kappa shape index (κ1) is 27.0. The first-order chi connectivity index (χ1) is 20.4. The van der Waals surface area contributed by atoms with Crippen LogP contribution < -0.4 is 10.1 Å². The molecule has 5 heterocycles. The number of likely N-dealkylation sites (N-methyl/N-ethyl adjacent to an activating group) is 1. The van der Waals surface area contributed by atoms with Gasteiger partial charge in [-0.2, -0.15) is 5.10 Å². The van der Waals surface area contributed by atoms with Crippen molar-refractivity contribution in [3.05, 3.63) is 67.1 Å². The molecule has 0 spiro atoms. The van der Waals surface area contributed by atoms with Crippen LogP contribution in [0.1, 0.15) is 13.3 Å². The van der Waals surface area contributed by atoms with Crippen molar-refractivity contribution in [1.29, 1.82) is 0 Å². The highest BCUT2D eigenvalue weighted by Gasteiger charge is 2.18. The second-order valence-electron chi connectivity index (χ2n) is 10.0. The van der Waals surface area contributed by atoms with Gasteiger partial charge in [0.25, 0.3) is 0 Å². The maximum atomic E-state index is 14.6. The van der Waals surface area contributed by atoms with Gasteiger partial charge in [-0.05, 0) is 43.9 Å². The topological polar surface area (TPSA) is 138 Å². The third kappa shape index (κ3) is 5.52. The van der Waals surface area contributed by atoms with Crippen LogP contribution in [0.25, 0.3) is 55.8 Å². The summed E-state index contributed by atoms with van der Waals surface area (Å²) in [6.07, 6.45) is 8.67. The number of ether oxygens (including phenoxy) is 1. The molecule has 0 unspecified atom stereocenters. The molecular weight excluding hydrogens is 537 g/mol. The molecule has 0 aliphatic rings. The summed E-state index contributed by atoms with van der Waals surface area (Å²) in [5, 5.41) is 11.1. The monoisotopic (exact) mass is 565 g/mol. The van der Waals surface area contributed by atoms with Crippen LogP contribution >= 0.6 is 0 Å². The van der Waals surface area contributed by atoms with Crippen molar-refractivity contribution in [1.82, 2.24) is 40.0 Å². The molecule has 0 saturated heterocycles. The van der Waals surface area contributed by atoms with E-state index in [2.05, 4.69) is 35.5 Å². The van der Waals surface area contributed by atoms with Crippen molar-refractivity contribution >= 4 is 33.5 Å². The van der Waals surface area contributed by atoms with Crippen LogP contribution in [-0.4, -0.2) is 73.2 Å². The lowest BCUT2D eigenvalue weighted by Crippen LogP contribution is -2.19. The minimum Gasteiger partial charge on any atom is -0.492 e. The van der Waals surface area contributed by atoms with Crippen LogP contribution in [-0.2, 0) is 4.79 Å². The van der Waals surface area contributed by atoms with Gasteiger partial charge in [0.1, 0.15) is 23.9 Å². The SMILES string of the molecule is CCC(=O)Nc1cncc(-c2cc3c(-c4nc5c(-c6cc(F)cc(OCCN(C)C)c6)cncc5[nH]4)n[nH]c3cn2)c1. The fourth-order valence-corrected chi connectivity index (χ4v) is 4.56. The Bertz CT molecular complexity index is 1910. The van der Waals surface area contributed by atoms with Crippen molar-refractivity contribution in [2.45, 2.75) is 13.3 Å². The molecular formula is C30H28FN9O2. The molecule has 1 aromatic carbocycles. The Kier molecular flexibility index (Phi) is 7.28. The molecule has 6 aromatic rings. The molecule has 0 bridgehead atoms. The van der Waals surface area contributed by atoms with Gasteiger partial charge in [-0.15, -0.1) is 0 Å². The average Bonchev–Trinajstić information content (AvgIpc) is 3.60. The zero-order valence-corrected chi connectivity index (χ0v) is 23.3. The van der Waals surface area contributed by atoms with Crippen molar-refractivity contribution in [2.75, 3.05) is 32.6 Å². The number of rotatable bonds is 9. The molecule has 5 aromatic heterocycles. The largest absolute Gasteiger partial charge is 0.492 e. The summed E-state index contributed by atoms with van der Waals surface area (Å²) >= 11 is 0. The number of benzene rings is 1. The zero-order valence-electron chi connectivity index (χ0n) is 23.3. The second-order valence-corrected chi connectivity index (χ2v) is 10.0. The van der Waals surface area contributed by atoms with E-state index < -0.39 is 5.82 Å². The summed E-state index contributed by atoms with van der Waals surface area (Å²) in [5.74, 6) is 0.445. The minimum atomic E-state index is -0.411. The molecule has 212 valence electrons. The van der Waals surface area contributed by atoms with Crippen LogP contribution in [0, 0.1) is 5.82 Å². The van der Waals surface area contributed by atoms with Gasteiger partial charge in [0.2, 0.25) is 5.91 Å². The molecule has 0 aliphatic carbocycles. The van der Waals surface area contributed by atoms with Gasteiger partial charge < -0.3 is 19.9 Å². The van der Waals surface area contributed by atoms with Crippen LogP contribution in [0.5, 0.6) is 5.75 Å². The van der Waals surface area contributed by atoms with E-state index in [9.17, 15) is 9.18 Å². The van der Waals surface area contributed by atoms with Gasteiger partial charge in [0.15, 0.2) is 5.82 Å². The zero-order chi connectivity index (χ0) is 29.2. The summed E-state index contributed by atoms with van der Waals surface area (Å²) < 4.78 is 20.4. The molecule has 0 aliphatic heterocycles. The average molecular weight is 566 g/mol. The fourth-order valence-electron chi connectivity index (χ4n) is 4.56. The van der Waals surface area contributed by atoms with Crippen LogP contribution in [0.3, 0.4) is 0 Å². The highest BCUT2D eigenvalue weighted by atomic mass is 19.1. The number of nitrogens with one attached hydrogen (secondary N) is 3. The normalized spacial score (nSPS) is 11.5. The van der Waals surface area contributed by atoms with Gasteiger partial charge in [-0.25, -0.2) is 9.37 Å². The quantitative estimate of drug-likeness (QED) is 0.221. The Balaban J connectivity index is 1.36. The number of halogens is 1. The number of nitrogens with zero attached hydrogens (tertiary/aromatic N) is 6. The molecule has 6 rings (SSSR count). The Labute approximate surface area is 240 Å². The minimum absolute atomic E-state index is 0.0976. The Hall–Kier alpha value is -5.23. The molecule has 0 radical (unpaired) electrons. The number of anilines is 1. The lowest BCUT2D eigenvalue weighted by atomic mass is 10.1. The van der Waals surface area contributed by atoms with E-state index in [1.165, 1.54) is 12.1 Å². The Morgan fingerprint density at radius 2 is 1.86 bits per heavy atom. The number of fused-ring (bicyclic) bond motifs is 2. The van der Waals surface area contributed by atoms with Gasteiger partial charge in [0, 0.05) is 47.9 Å². The van der Waals surface area contributed by atoms with Gasteiger partial charge in [0.05, 0.1) is 46.5 Å². The number of imidazole rings is 1. The summed E-state index contributed by atoms with van der Waals surface area (Å²) in [7, 11) is 3.90. The van der Waals surface area contributed by atoms with E-state index >= 15 is 0 Å². The van der Waals surface area contributed by atoms with Crippen molar-refractivity contribution in [3.8, 4) is 39.7 Å². The maximum absolute atomic E-state index is 14.6. The van der Waals surface area contributed by atoms with Crippen LogP contribution in [0.2, 0.25) is 0 Å². The highest BCUT2D eigenvalue weighted by molar-refractivity contribution is 5.97. The molecule has 1 amide bonds. The predicted molar refractivity (Wildman–Crippen MR) is 158 cm³/mol.